The molecule has 0 aliphatic heterocycles. The van der Waals surface area contributed by atoms with Crippen LogP contribution in [-0.4, -0.2) is 14.1 Å². The molecule has 0 fully saturated rings. The summed E-state index contributed by atoms with van der Waals surface area (Å²) in [5, 5.41) is -0.0960. The Morgan fingerprint density at radius 3 is 2.64 bits per heavy atom. The van der Waals surface area contributed by atoms with Crippen molar-refractivity contribution in [1.29, 1.82) is 0 Å². The lowest BCUT2D eigenvalue weighted by Gasteiger charge is -2.00. The van der Waals surface area contributed by atoms with Gasteiger partial charge in [0.05, 0.1) is 5.02 Å². The third-order valence-corrected chi connectivity index (χ3v) is 1.58. The minimum atomic E-state index is -0.762. The molecule has 0 amide bonds. The van der Waals surface area contributed by atoms with Gasteiger partial charge >= 0.3 is 0 Å². The molecule has 54 valence electrons. The van der Waals surface area contributed by atoms with Crippen molar-refractivity contribution < 1.29 is 9.18 Å². The molecular weight excluding hydrogens is 165 g/mol. The van der Waals surface area contributed by atoms with E-state index in [1.807, 2.05) is 0 Å². The SMILES string of the molecule is [B]c1ccc(Cl)c(F)c1C=O. The second-order valence-electron chi connectivity index (χ2n) is 1.98. The Morgan fingerprint density at radius 1 is 1.55 bits per heavy atom. The predicted molar refractivity (Wildman–Crippen MR) is 42.2 cm³/mol. The molecule has 0 spiro atoms. The van der Waals surface area contributed by atoms with E-state index in [2.05, 4.69) is 0 Å². The zero-order valence-corrected chi connectivity index (χ0v) is 6.23. The highest BCUT2D eigenvalue weighted by Crippen LogP contribution is 2.14. The van der Waals surface area contributed by atoms with Crippen molar-refractivity contribution in [2.75, 3.05) is 0 Å². The van der Waals surface area contributed by atoms with E-state index < -0.39 is 5.82 Å². The van der Waals surface area contributed by atoms with Crippen LogP contribution in [0.25, 0.3) is 0 Å². The van der Waals surface area contributed by atoms with Crippen LogP contribution in [0.2, 0.25) is 5.02 Å². The average Bonchev–Trinajstić information content (AvgIpc) is 1.99. The summed E-state index contributed by atoms with van der Waals surface area (Å²) in [6, 6.07) is 2.69. The van der Waals surface area contributed by atoms with E-state index in [1.165, 1.54) is 12.1 Å². The fourth-order valence-corrected chi connectivity index (χ4v) is 0.866. The van der Waals surface area contributed by atoms with E-state index in [1.54, 1.807) is 0 Å². The summed E-state index contributed by atoms with van der Waals surface area (Å²) in [7, 11) is 5.27. The zero-order chi connectivity index (χ0) is 8.43. The van der Waals surface area contributed by atoms with E-state index in [0.717, 1.165) is 0 Å². The molecule has 1 aromatic rings. The van der Waals surface area contributed by atoms with Crippen molar-refractivity contribution >= 4 is 31.2 Å². The van der Waals surface area contributed by atoms with Crippen molar-refractivity contribution in [2.45, 2.75) is 0 Å². The second-order valence-corrected chi connectivity index (χ2v) is 2.39. The maximum atomic E-state index is 12.8. The summed E-state index contributed by atoms with van der Waals surface area (Å²) in [6.45, 7) is 0. The molecule has 0 heterocycles. The molecule has 1 aromatic carbocycles. The van der Waals surface area contributed by atoms with Gasteiger partial charge in [-0.15, -0.1) is 0 Å². The average molecular weight is 168 g/mol. The molecule has 0 unspecified atom stereocenters. The van der Waals surface area contributed by atoms with Crippen LogP contribution in [0.1, 0.15) is 10.4 Å². The first kappa shape index (κ1) is 8.27. The topological polar surface area (TPSA) is 17.1 Å². The van der Waals surface area contributed by atoms with Crippen LogP contribution >= 0.6 is 11.6 Å². The van der Waals surface area contributed by atoms with Gasteiger partial charge in [0.2, 0.25) is 0 Å². The molecule has 0 aliphatic rings. The van der Waals surface area contributed by atoms with Crippen LogP contribution in [-0.2, 0) is 0 Å². The van der Waals surface area contributed by atoms with Gasteiger partial charge in [-0.2, -0.15) is 0 Å². The largest absolute Gasteiger partial charge is 0.298 e. The standard InChI is InChI=1S/C7H3BClFO/c8-5-1-2-6(9)7(10)4(5)3-11/h1-3H. The molecule has 2 radical (unpaired) electrons. The maximum Gasteiger partial charge on any atom is 0.152 e. The van der Waals surface area contributed by atoms with E-state index in [-0.39, 0.29) is 16.0 Å². The van der Waals surface area contributed by atoms with Crippen molar-refractivity contribution in [3.05, 3.63) is 28.5 Å². The van der Waals surface area contributed by atoms with Crippen molar-refractivity contribution in [2.24, 2.45) is 0 Å². The highest BCUT2D eigenvalue weighted by molar-refractivity contribution is 6.37. The zero-order valence-electron chi connectivity index (χ0n) is 5.47. The number of aldehydes is 1. The van der Waals surface area contributed by atoms with E-state index in [0.29, 0.717) is 6.29 Å². The summed E-state index contributed by atoms with van der Waals surface area (Å²) in [5.41, 5.74) is -0.0839. The monoisotopic (exact) mass is 168 g/mol. The van der Waals surface area contributed by atoms with E-state index >= 15 is 0 Å². The van der Waals surface area contributed by atoms with Crippen molar-refractivity contribution in [3.63, 3.8) is 0 Å². The molecule has 11 heavy (non-hydrogen) atoms. The van der Waals surface area contributed by atoms with Gasteiger partial charge in [-0.05, 0) is 6.07 Å². The Bertz CT molecular complexity index is 301. The molecule has 0 bridgehead atoms. The summed E-state index contributed by atoms with van der Waals surface area (Å²) in [4.78, 5) is 10.2. The van der Waals surface area contributed by atoms with Gasteiger partial charge in [0.15, 0.2) is 12.1 Å². The number of hydrogen-bond donors (Lipinski definition) is 0. The third kappa shape index (κ3) is 1.43. The molecule has 0 saturated carbocycles. The Kier molecular flexibility index (Phi) is 2.30. The number of benzene rings is 1. The molecule has 0 saturated heterocycles. The van der Waals surface area contributed by atoms with Crippen LogP contribution in [0.5, 0.6) is 0 Å². The molecule has 0 aliphatic carbocycles. The molecule has 0 N–H and O–H groups in total. The summed E-state index contributed by atoms with van der Waals surface area (Å²) in [5.74, 6) is -0.762. The molecule has 4 heteroatoms. The van der Waals surface area contributed by atoms with Gasteiger partial charge < -0.3 is 0 Å². The lowest BCUT2D eigenvalue weighted by atomic mass is 9.91. The Hall–Kier alpha value is -0.825. The summed E-state index contributed by atoms with van der Waals surface area (Å²) in [6.07, 6.45) is 0.344. The first-order valence-corrected chi connectivity index (χ1v) is 3.23. The highest BCUT2D eigenvalue weighted by Gasteiger charge is 2.07. The van der Waals surface area contributed by atoms with Gasteiger partial charge in [-0.25, -0.2) is 4.39 Å². The fraction of sp³-hybridized carbons (Fsp3) is 0. The first-order valence-electron chi connectivity index (χ1n) is 2.85. The second kappa shape index (κ2) is 3.05. The van der Waals surface area contributed by atoms with Crippen molar-refractivity contribution in [1.82, 2.24) is 0 Å². The lowest BCUT2D eigenvalue weighted by molar-refractivity contribution is 0.112. The Morgan fingerprint density at radius 2 is 2.18 bits per heavy atom. The quantitative estimate of drug-likeness (QED) is 0.453. The van der Waals surface area contributed by atoms with Gasteiger partial charge in [-0.3, -0.25) is 4.79 Å². The van der Waals surface area contributed by atoms with Gasteiger partial charge in [0.1, 0.15) is 7.85 Å². The smallest absolute Gasteiger partial charge is 0.152 e. The van der Waals surface area contributed by atoms with Crippen molar-refractivity contribution in [3.8, 4) is 0 Å². The van der Waals surface area contributed by atoms with Crippen LogP contribution in [0, 0.1) is 5.82 Å². The number of rotatable bonds is 1. The molecular formula is C7H3BClFO. The van der Waals surface area contributed by atoms with E-state index in [4.69, 9.17) is 19.4 Å². The minimum absolute atomic E-state index is 0.0960. The minimum Gasteiger partial charge on any atom is -0.298 e. The number of carbonyl (C=O) groups excluding carboxylic acids is 1. The van der Waals surface area contributed by atoms with Gasteiger partial charge in [0.25, 0.3) is 0 Å². The highest BCUT2D eigenvalue weighted by atomic mass is 35.5. The van der Waals surface area contributed by atoms with Crippen LogP contribution < -0.4 is 5.46 Å². The molecule has 0 atom stereocenters. The first-order chi connectivity index (χ1) is 5.16. The number of halogens is 2. The molecule has 0 aromatic heterocycles. The summed E-state index contributed by atoms with van der Waals surface area (Å²) < 4.78 is 12.8. The Labute approximate surface area is 69.6 Å². The summed E-state index contributed by atoms with van der Waals surface area (Å²) >= 11 is 5.38. The van der Waals surface area contributed by atoms with Crippen LogP contribution in [0.4, 0.5) is 4.39 Å². The number of carbonyl (C=O) groups is 1. The number of hydrogen-bond acceptors (Lipinski definition) is 1. The fourth-order valence-electron chi connectivity index (χ4n) is 0.701. The van der Waals surface area contributed by atoms with Gasteiger partial charge in [0, 0.05) is 5.56 Å². The van der Waals surface area contributed by atoms with Gasteiger partial charge in [-0.1, -0.05) is 23.1 Å². The van der Waals surface area contributed by atoms with E-state index in [9.17, 15) is 9.18 Å². The molecule has 1 nitrogen and oxygen atoms in total. The van der Waals surface area contributed by atoms with Crippen LogP contribution in [0.15, 0.2) is 12.1 Å². The third-order valence-electron chi connectivity index (χ3n) is 1.28. The molecule has 1 rings (SSSR count). The van der Waals surface area contributed by atoms with Crippen LogP contribution in [0.3, 0.4) is 0 Å². The predicted octanol–water partition coefficient (Wildman–Crippen LogP) is 1.09. The lowest BCUT2D eigenvalue weighted by Crippen LogP contribution is -2.11. The maximum absolute atomic E-state index is 12.8. The Balaban J connectivity index is 3.40. The normalized spacial score (nSPS) is 9.64.